The second kappa shape index (κ2) is 7.04. The van der Waals surface area contributed by atoms with E-state index in [-0.39, 0.29) is 5.92 Å². The molecule has 6 heteroatoms. The first-order valence-electron chi connectivity index (χ1n) is 7.42. The van der Waals surface area contributed by atoms with Crippen LogP contribution < -0.4 is 10.6 Å². The Kier molecular flexibility index (Phi) is 5.36. The minimum absolute atomic E-state index is 0.0890. The molecule has 1 aliphatic rings. The van der Waals surface area contributed by atoms with E-state index >= 15 is 0 Å². The normalized spacial score (nSPS) is 18.2. The molecule has 0 radical (unpaired) electrons. The molecule has 1 aromatic heterocycles. The lowest BCUT2D eigenvalue weighted by molar-refractivity contribution is -0.144. The fourth-order valence-electron chi connectivity index (χ4n) is 2.61. The van der Waals surface area contributed by atoms with Gasteiger partial charge in [-0.1, -0.05) is 13.8 Å². The van der Waals surface area contributed by atoms with Crippen molar-refractivity contribution in [3.63, 3.8) is 0 Å². The third-order valence-corrected chi connectivity index (χ3v) is 3.76. The zero-order chi connectivity index (χ0) is 15.4. The molecule has 1 aromatic rings. The van der Waals surface area contributed by atoms with E-state index in [1.807, 2.05) is 18.7 Å². The molecule has 2 heterocycles. The van der Waals surface area contributed by atoms with Crippen LogP contribution in [-0.2, 0) is 4.74 Å². The summed E-state index contributed by atoms with van der Waals surface area (Å²) in [5.74, 6) is 0.0848. The standard InChI is InChI=1S/C15H24FN3O2/c1-10(2)9-21-15(20)11-3-5-19(6-4-11)14-12(16)7-18-8-13(14)17/h7-8,10-11,15,20H,3-6,9,17H2,1-2H3. The van der Waals surface area contributed by atoms with Crippen LogP contribution in [0.5, 0.6) is 0 Å². The number of aromatic nitrogens is 1. The Morgan fingerprint density at radius 1 is 1.43 bits per heavy atom. The van der Waals surface area contributed by atoms with Crippen LogP contribution in [0.2, 0.25) is 0 Å². The first kappa shape index (κ1) is 16.0. The molecular weight excluding hydrogens is 273 g/mol. The minimum Gasteiger partial charge on any atom is -0.396 e. The van der Waals surface area contributed by atoms with Crippen molar-refractivity contribution in [2.45, 2.75) is 33.0 Å². The van der Waals surface area contributed by atoms with E-state index in [0.29, 0.717) is 37.0 Å². The Hall–Kier alpha value is -1.40. The number of piperidine rings is 1. The maximum atomic E-state index is 13.8. The number of anilines is 2. The number of rotatable bonds is 5. The van der Waals surface area contributed by atoms with Gasteiger partial charge < -0.3 is 20.5 Å². The van der Waals surface area contributed by atoms with Crippen molar-refractivity contribution in [3.05, 3.63) is 18.2 Å². The highest BCUT2D eigenvalue weighted by Gasteiger charge is 2.28. The van der Waals surface area contributed by atoms with Crippen molar-refractivity contribution >= 4 is 11.4 Å². The zero-order valence-electron chi connectivity index (χ0n) is 12.6. The molecular formula is C15H24FN3O2. The van der Waals surface area contributed by atoms with Crippen LogP contribution in [0.1, 0.15) is 26.7 Å². The molecule has 0 spiro atoms. The number of hydrogen-bond acceptors (Lipinski definition) is 5. The Bertz CT molecular complexity index is 442. The molecule has 5 nitrogen and oxygen atoms in total. The average molecular weight is 297 g/mol. The van der Waals surface area contributed by atoms with Crippen molar-refractivity contribution in [2.24, 2.45) is 11.8 Å². The van der Waals surface area contributed by atoms with Crippen LogP contribution in [0.15, 0.2) is 12.4 Å². The first-order chi connectivity index (χ1) is 9.99. The first-order valence-corrected chi connectivity index (χ1v) is 7.42. The Balaban J connectivity index is 1.91. The molecule has 2 rings (SSSR count). The number of aliphatic hydroxyl groups excluding tert-OH is 1. The summed E-state index contributed by atoms with van der Waals surface area (Å²) in [5.41, 5.74) is 6.58. The van der Waals surface area contributed by atoms with Crippen LogP contribution in [0.4, 0.5) is 15.8 Å². The molecule has 0 bridgehead atoms. The van der Waals surface area contributed by atoms with E-state index in [9.17, 15) is 9.50 Å². The van der Waals surface area contributed by atoms with Crippen LogP contribution >= 0.6 is 0 Å². The Labute approximate surface area is 124 Å². The van der Waals surface area contributed by atoms with Crippen molar-refractivity contribution in [1.29, 1.82) is 0 Å². The smallest absolute Gasteiger partial charge is 0.166 e. The summed E-state index contributed by atoms with van der Waals surface area (Å²) in [7, 11) is 0. The van der Waals surface area contributed by atoms with Gasteiger partial charge in [0.25, 0.3) is 0 Å². The third kappa shape index (κ3) is 4.04. The van der Waals surface area contributed by atoms with Gasteiger partial charge in [-0.2, -0.15) is 0 Å². The third-order valence-electron chi connectivity index (χ3n) is 3.76. The van der Waals surface area contributed by atoms with Crippen LogP contribution in [0, 0.1) is 17.7 Å². The van der Waals surface area contributed by atoms with Gasteiger partial charge in [-0.15, -0.1) is 0 Å². The monoisotopic (exact) mass is 297 g/mol. The summed E-state index contributed by atoms with van der Waals surface area (Å²) in [4.78, 5) is 5.65. The summed E-state index contributed by atoms with van der Waals surface area (Å²) in [6.07, 6.45) is 3.40. The average Bonchev–Trinajstić information content (AvgIpc) is 2.45. The van der Waals surface area contributed by atoms with E-state index in [1.165, 1.54) is 12.4 Å². The molecule has 1 saturated heterocycles. The molecule has 118 valence electrons. The van der Waals surface area contributed by atoms with E-state index in [2.05, 4.69) is 4.98 Å². The molecule has 21 heavy (non-hydrogen) atoms. The number of ether oxygens (including phenoxy) is 1. The Morgan fingerprint density at radius 3 is 2.67 bits per heavy atom. The predicted molar refractivity (Wildman–Crippen MR) is 80.3 cm³/mol. The van der Waals surface area contributed by atoms with Gasteiger partial charge in [0, 0.05) is 19.0 Å². The number of nitrogen functional groups attached to an aromatic ring is 1. The maximum absolute atomic E-state index is 13.8. The lowest BCUT2D eigenvalue weighted by Crippen LogP contribution is -2.39. The lowest BCUT2D eigenvalue weighted by atomic mass is 9.95. The minimum atomic E-state index is -0.741. The van der Waals surface area contributed by atoms with E-state index in [4.69, 9.17) is 10.5 Å². The molecule has 1 fully saturated rings. The maximum Gasteiger partial charge on any atom is 0.166 e. The number of halogens is 1. The topological polar surface area (TPSA) is 71.6 Å². The summed E-state index contributed by atoms with van der Waals surface area (Å²) >= 11 is 0. The second-order valence-electron chi connectivity index (χ2n) is 6.00. The number of hydrogen-bond donors (Lipinski definition) is 2. The van der Waals surface area contributed by atoms with Gasteiger partial charge in [-0.3, -0.25) is 4.98 Å². The van der Waals surface area contributed by atoms with Crippen molar-refractivity contribution in [3.8, 4) is 0 Å². The lowest BCUT2D eigenvalue weighted by Gasteiger charge is -2.36. The van der Waals surface area contributed by atoms with Gasteiger partial charge >= 0.3 is 0 Å². The highest BCUT2D eigenvalue weighted by molar-refractivity contribution is 5.66. The molecule has 1 aliphatic heterocycles. The molecule has 0 aromatic carbocycles. The number of aliphatic hydroxyl groups is 1. The van der Waals surface area contributed by atoms with Gasteiger partial charge in [-0.05, 0) is 18.8 Å². The van der Waals surface area contributed by atoms with E-state index in [0.717, 1.165) is 12.8 Å². The largest absolute Gasteiger partial charge is 0.396 e. The zero-order valence-corrected chi connectivity index (χ0v) is 12.6. The second-order valence-corrected chi connectivity index (χ2v) is 6.00. The van der Waals surface area contributed by atoms with Crippen LogP contribution in [0.3, 0.4) is 0 Å². The van der Waals surface area contributed by atoms with Gasteiger partial charge in [0.15, 0.2) is 12.1 Å². The summed E-state index contributed by atoms with van der Waals surface area (Å²) < 4.78 is 19.3. The van der Waals surface area contributed by atoms with Crippen molar-refractivity contribution in [1.82, 2.24) is 4.98 Å². The highest BCUT2D eigenvalue weighted by Crippen LogP contribution is 2.31. The van der Waals surface area contributed by atoms with E-state index < -0.39 is 12.1 Å². The SMILES string of the molecule is CC(C)COC(O)C1CCN(c2c(N)cncc2F)CC1. The fraction of sp³-hybridized carbons (Fsp3) is 0.667. The number of pyridine rings is 1. The van der Waals surface area contributed by atoms with Gasteiger partial charge in [0.1, 0.15) is 0 Å². The number of nitrogens with zero attached hydrogens (tertiary/aromatic N) is 2. The highest BCUT2D eigenvalue weighted by atomic mass is 19.1. The van der Waals surface area contributed by atoms with Gasteiger partial charge in [0.05, 0.1) is 30.4 Å². The summed E-state index contributed by atoms with van der Waals surface area (Å²) in [6.45, 7) is 5.94. The summed E-state index contributed by atoms with van der Waals surface area (Å²) in [5, 5.41) is 10.0. The molecule has 0 saturated carbocycles. The van der Waals surface area contributed by atoms with Crippen LogP contribution in [-0.4, -0.2) is 36.1 Å². The quantitative estimate of drug-likeness (QED) is 0.814. The number of nitrogens with two attached hydrogens (primary N) is 1. The van der Waals surface area contributed by atoms with Crippen LogP contribution in [0.25, 0.3) is 0 Å². The molecule has 0 amide bonds. The molecule has 0 aliphatic carbocycles. The predicted octanol–water partition coefficient (Wildman–Crippen LogP) is 2.01. The van der Waals surface area contributed by atoms with Crippen molar-refractivity contribution in [2.75, 3.05) is 30.3 Å². The molecule has 1 unspecified atom stereocenters. The van der Waals surface area contributed by atoms with Crippen molar-refractivity contribution < 1.29 is 14.2 Å². The van der Waals surface area contributed by atoms with Gasteiger partial charge in [0.2, 0.25) is 0 Å². The summed E-state index contributed by atoms with van der Waals surface area (Å²) in [6, 6.07) is 0. The van der Waals surface area contributed by atoms with E-state index in [1.54, 1.807) is 0 Å². The van der Waals surface area contributed by atoms with Gasteiger partial charge in [-0.25, -0.2) is 4.39 Å². The Morgan fingerprint density at radius 2 is 2.10 bits per heavy atom. The fourth-order valence-corrected chi connectivity index (χ4v) is 2.61. The molecule has 1 atom stereocenters. The molecule has 3 N–H and O–H groups in total.